The molecule has 0 aliphatic carbocycles. The molecule has 0 fully saturated rings. The number of rotatable bonds is 5. The highest BCUT2D eigenvalue weighted by Gasteiger charge is 2.20. The largest absolute Gasteiger partial charge is 0.309 e. The first-order chi connectivity index (χ1) is 32.7. The van der Waals surface area contributed by atoms with Crippen molar-refractivity contribution in [2.45, 2.75) is 0 Å². The van der Waals surface area contributed by atoms with E-state index in [1.165, 1.54) is 130 Å². The maximum absolute atomic E-state index is 2.44. The molecule has 0 aliphatic rings. The summed E-state index contributed by atoms with van der Waals surface area (Å²) in [7, 11) is 0. The summed E-state index contributed by atoms with van der Waals surface area (Å²) < 4.78 is 5.09. The number of para-hydroxylation sites is 1. The zero-order chi connectivity index (χ0) is 43.3. The van der Waals surface area contributed by atoms with Crippen LogP contribution in [0.5, 0.6) is 0 Å². The molecule has 1 nitrogen and oxygen atoms in total. The Morgan fingerprint density at radius 1 is 0.258 bits per heavy atom. The zero-order valence-electron chi connectivity index (χ0n) is 35.9. The average Bonchev–Trinajstić information content (AvgIpc) is 3.94. The number of aromatic nitrogens is 1. The van der Waals surface area contributed by atoms with E-state index in [1.807, 2.05) is 11.3 Å². The molecule has 0 unspecified atom stereocenters. The van der Waals surface area contributed by atoms with Crippen molar-refractivity contribution in [1.29, 1.82) is 0 Å². The number of hydrogen-bond acceptors (Lipinski definition) is 1. The highest BCUT2D eigenvalue weighted by atomic mass is 32.1. The lowest BCUT2D eigenvalue weighted by Crippen LogP contribution is -1.94. The third-order valence-electron chi connectivity index (χ3n) is 14.0. The van der Waals surface area contributed by atoms with Gasteiger partial charge in [0, 0.05) is 36.6 Å². The SMILES string of the molecule is c1ccc(-c2c3ccccc3c(-c3ccc(-n4c5ccccc5c5cc(-c6cccc7c6sc6c(-c8ccc9c(ccc%10ccccc%109)c8)cccc67)ccc54)cc3)c3ccccc23)cc1. The molecule has 2 heterocycles. The first-order valence-electron chi connectivity index (χ1n) is 22.7. The maximum Gasteiger partial charge on any atom is 0.0541 e. The first-order valence-corrected chi connectivity index (χ1v) is 23.6. The van der Waals surface area contributed by atoms with Gasteiger partial charge in [0.15, 0.2) is 0 Å². The predicted octanol–water partition coefficient (Wildman–Crippen LogP) is 18.4. The van der Waals surface area contributed by atoms with Crippen LogP contribution in [0, 0.1) is 0 Å². The molecule has 0 saturated heterocycles. The molecule has 14 rings (SSSR count). The van der Waals surface area contributed by atoms with Gasteiger partial charge in [-0.15, -0.1) is 11.3 Å². The Hall–Kier alpha value is -8.30. The third kappa shape index (κ3) is 5.59. The van der Waals surface area contributed by atoms with Crippen molar-refractivity contribution in [3.05, 3.63) is 237 Å². The van der Waals surface area contributed by atoms with E-state index in [0.717, 1.165) is 5.69 Å². The van der Waals surface area contributed by atoms with Gasteiger partial charge < -0.3 is 4.57 Å². The number of benzene rings is 12. The summed E-state index contributed by atoms with van der Waals surface area (Å²) in [6, 6.07) is 87.6. The lowest BCUT2D eigenvalue weighted by Gasteiger charge is -2.18. The van der Waals surface area contributed by atoms with E-state index in [-0.39, 0.29) is 0 Å². The van der Waals surface area contributed by atoms with Crippen LogP contribution in [-0.2, 0) is 0 Å². The van der Waals surface area contributed by atoms with Gasteiger partial charge in [-0.25, -0.2) is 0 Å². The Balaban J connectivity index is 0.885. The highest BCUT2D eigenvalue weighted by molar-refractivity contribution is 7.26. The van der Waals surface area contributed by atoms with E-state index in [1.54, 1.807) is 0 Å². The third-order valence-corrected chi connectivity index (χ3v) is 15.3. The van der Waals surface area contributed by atoms with Crippen LogP contribution in [0.3, 0.4) is 0 Å². The minimum atomic E-state index is 1.15. The van der Waals surface area contributed by atoms with Crippen LogP contribution < -0.4 is 0 Å². The second kappa shape index (κ2) is 14.6. The van der Waals surface area contributed by atoms with E-state index < -0.39 is 0 Å². The number of thiophene rings is 1. The number of hydrogen-bond donors (Lipinski definition) is 0. The summed E-state index contributed by atoms with van der Waals surface area (Å²) in [5.74, 6) is 0. The van der Waals surface area contributed by atoms with Crippen molar-refractivity contribution in [1.82, 2.24) is 4.57 Å². The minimum Gasteiger partial charge on any atom is -0.309 e. The van der Waals surface area contributed by atoms with Gasteiger partial charge in [0.05, 0.1) is 11.0 Å². The molecule has 2 aromatic heterocycles. The van der Waals surface area contributed by atoms with Gasteiger partial charge in [-0.05, 0) is 124 Å². The Bertz CT molecular complexity index is 4210. The van der Waals surface area contributed by atoms with Gasteiger partial charge in [-0.3, -0.25) is 0 Å². The van der Waals surface area contributed by atoms with Gasteiger partial charge in [0.1, 0.15) is 0 Å². The predicted molar refractivity (Wildman–Crippen MR) is 285 cm³/mol. The van der Waals surface area contributed by atoms with E-state index in [4.69, 9.17) is 0 Å². The molecule has 0 saturated carbocycles. The average molecular weight is 854 g/mol. The Morgan fingerprint density at radius 3 is 1.39 bits per heavy atom. The smallest absolute Gasteiger partial charge is 0.0541 e. The number of fused-ring (bicyclic) bond motifs is 11. The van der Waals surface area contributed by atoms with Crippen molar-refractivity contribution in [2.24, 2.45) is 0 Å². The van der Waals surface area contributed by atoms with Crippen molar-refractivity contribution >= 4 is 96.4 Å². The minimum absolute atomic E-state index is 1.15. The highest BCUT2D eigenvalue weighted by Crippen LogP contribution is 2.47. The fraction of sp³-hybridized carbons (Fsp3) is 0. The van der Waals surface area contributed by atoms with E-state index >= 15 is 0 Å². The van der Waals surface area contributed by atoms with Gasteiger partial charge in [0.2, 0.25) is 0 Å². The fourth-order valence-corrected chi connectivity index (χ4v) is 12.4. The lowest BCUT2D eigenvalue weighted by molar-refractivity contribution is 1.18. The maximum atomic E-state index is 2.44. The molecule has 0 spiro atoms. The topological polar surface area (TPSA) is 4.93 Å². The first kappa shape index (κ1) is 37.1. The van der Waals surface area contributed by atoms with Crippen LogP contribution >= 0.6 is 11.3 Å². The molecular weight excluding hydrogens is 815 g/mol. The molecule has 306 valence electrons. The molecule has 0 amide bonds. The van der Waals surface area contributed by atoms with Crippen LogP contribution in [0.1, 0.15) is 0 Å². The van der Waals surface area contributed by atoms with Crippen LogP contribution in [0.25, 0.3) is 135 Å². The standard InChI is InChI=1S/C64H39NS/c1-2-15-41(16-3-1)61-52-19-6-8-21-54(52)62(55-22-9-7-20-53(55)61)42-30-34-46(35-31-42)65-59-27-11-10-18-51(59)58-39-45(33-37-60(58)65)50-24-13-26-57-56-25-12-23-49(63(56)66-64(50)57)44-32-36-48-43(38-44)29-28-40-14-4-5-17-47(40)48/h1-39H. The summed E-state index contributed by atoms with van der Waals surface area (Å²) >= 11 is 1.92. The molecule has 0 N–H and O–H groups in total. The summed E-state index contributed by atoms with van der Waals surface area (Å²) in [6.07, 6.45) is 0. The fourth-order valence-electron chi connectivity index (χ4n) is 11.0. The van der Waals surface area contributed by atoms with Crippen LogP contribution in [0.15, 0.2) is 237 Å². The summed E-state index contributed by atoms with van der Waals surface area (Å²) in [6.45, 7) is 0. The lowest BCUT2D eigenvalue weighted by atomic mass is 9.86. The molecule has 66 heavy (non-hydrogen) atoms. The van der Waals surface area contributed by atoms with E-state index in [2.05, 4.69) is 241 Å². The summed E-state index contributed by atoms with van der Waals surface area (Å²) in [5.41, 5.74) is 13.6. The van der Waals surface area contributed by atoms with Gasteiger partial charge in [-0.2, -0.15) is 0 Å². The normalized spacial score (nSPS) is 11.9. The Morgan fingerprint density at radius 2 is 0.727 bits per heavy atom. The Kier molecular flexibility index (Phi) is 8.22. The Labute approximate surface area is 385 Å². The molecule has 12 aromatic carbocycles. The van der Waals surface area contributed by atoms with Gasteiger partial charge in [-0.1, -0.05) is 200 Å². The molecule has 0 radical (unpaired) electrons. The monoisotopic (exact) mass is 853 g/mol. The second-order valence-electron chi connectivity index (χ2n) is 17.5. The van der Waals surface area contributed by atoms with E-state index in [9.17, 15) is 0 Å². The summed E-state index contributed by atoms with van der Waals surface area (Å²) in [4.78, 5) is 0. The van der Waals surface area contributed by atoms with Gasteiger partial charge in [0.25, 0.3) is 0 Å². The van der Waals surface area contributed by atoms with Crippen LogP contribution in [-0.4, -0.2) is 4.57 Å². The van der Waals surface area contributed by atoms with Crippen molar-refractivity contribution < 1.29 is 0 Å². The molecular formula is C64H39NS. The quantitative estimate of drug-likeness (QED) is 0.120. The van der Waals surface area contributed by atoms with Crippen LogP contribution in [0.2, 0.25) is 0 Å². The zero-order valence-corrected chi connectivity index (χ0v) is 36.7. The second-order valence-corrected chi connectivity index (χ2v) is 18.5. The molecule has 14 aromatic rings. The van der Waals surface area contributed by atoms with Crippen molar-refractivity contribution in [3.8, 4) is 50.2 Å². The van der Waals surface area contributed by atoms with Gasteiger partial charge >= 0.3 is 0 Å². The molecule has 0 aliphatic heterocycles. The summed E-state index contributed by atoms with van der Waals surface area (Å²) in [5, 5.41) is 15.3. The van der Waals surface area contributed by atoms with Crippen LogP contribution in [0.4, 0.5) is 0 Å². The van der Waals surface area contributed by atoms with E-state index in [0.29, 0.717) is 0 Å². The molecule has 0 bridgehead atoms. The molecule has 0 atom stereocenters. The van der Waals surface area contributed by atoms with Crippen molar-refractivity contribution in [2.75, 3.05) is 0 Å². The number of nitrogens with zero attached hydrogens (tertiary/aromatic N) is 1. The van der Waals surface area contributed by atoms with Crippen molar-refractivity contribution in [3.63, 3.8) is 0 Å². The molecule has 2 heteroatoms.